The molecule has 5 nitrogen and oxygen atoms in total. The second kappa shape index (κ2) is 4.37. The molecule has 5 heteroatoms. The van der Waals surface area contributed by atoms with Crippen molar-refractivity contribution < 1.29 is 4.79 Å². The van der Waals surface area contributed by atoms with E-state index in [4.69, 9.17) is 0 Å². The Labute approximate surface area is 98.1 Å². The summed E-state index contributed by atoms with van der Waals surface area (Å²) in [5.41, 5.74) is 0.0817. The molecule has 1 aromatic heterocycles. The third-order valence-corrected chi connectivity index (χ3v) is 2.51. The number of aryl methyl sites for hydroxylation is 1. The number of benzene rings is 1. The number of aromatic nitrogens is 2. The first-order valence-corrected chi connectivity index (χ1v) is 5.39. The Kier molecular flexibility index (Phi) is 2.91. The monoisotopic (exact) mass is 231 g/mol. The van der Waals surface area contributed by atoms with Crippen molar-refractivity contribution in [2.45, 2.75) is 6.92 Å². The highest BCUT2D eigenvalue weighted by Gasteiger charge is 2.14. The van der Waals surface area contributed by atoms with E-state index in [-0.39, 0.29) is 17.2 Å². The molecular formula is C12H13N3O2. The van der Waals surface area contributed by atoms with Crippen LogP contribution in [0.3, 0.4) is 0 Å². The topological polar surface area (TPSA) is 64.0 Å². The molecule has 2 rings (SSSR count). The third kappa shape index (κ3) is 1.91. The molecule has 0 aliphatic rings. The van der Waals surface area contributed by atoms with E-state index in [1.165, 1.54) is 11.7 Å². The fourth-order valence-electron chi connectivity index (χ4n) is 1.71. The molecule has 0 aliphatic heterocycles. The summed E-state index contributed by atoms with van der Waals surface area (Å²) in [6.45, 7) is 2.36. The van der Waals surface area contributed by atoms with Gasteiger partial charge in [0.25, 0.3) is 11.5 Å². The van der Waals surface area contributed by atoms with Gasteiger partial charge in [0, 0.05) is 19.0 Å². The van der Waals surface area contributed by atoms with Gasteiger partial charge in [0.15, 0.2) is 5.69 Å². The maximum Gasteiger partial charge on any atom is 0.274 e. The molecule has 1 aromatic carbocycles. The Morgan fingerprint density at radius 2 is 2.00 bits per heavy atom. The lowest BCUT2D eigenvalue weighted by molar-refractivity contribution is 0.0950. The van der Waals surface area contributed by atoms with E-state index >= 15 is 0 Å². The molecule has 0 atom stereocenters. The number of carbonyl (C=O) groups excluding carboxylic acids is 1. The zero-order valence-electron chi connectivity index (χ0n) is 9.73. The molecule has 0 aliphatic carbocycles. The number of rotatable bonds is 2. The van der Waals surface area contributed by atoms with Crippen molar-refractivity contribution in [2.75, 3.05) is 6.54 Å². The van der Waals surface area contributed by atoms with Crippen LogP contribution >= 0.6 is 0 Å². The molecule has 17 heavy (non-hydrogen) atoms. The molecule has 0 fully saturated rings. The Hall–Kier alpha value is -2.17. The molecule has 1 amide bonds. The first-order chi connectivity index (χ1) is 8.15. The lowest BCUT2D eigenvalue weighted by atomic mass is 10.1. The summed E-state index contributed by atoms with van der Waals surface area (Å²) in [6, 6.07) is 6.98. The summed E-state index contributed by atoms with van der Waals surface area (Å²) in [4.78, 5) is 23.7. The van der Waals surface area contributed by atoms with Gasteiger partial charge in [-0.1, -0.05) is 18.2 Å². The van der Waals surface area contributed by atoms with Gasteiger partial charge in [0.05, 0.1) is 5.39 Å². The van der Waals surface area contributed by atoms with E-state index in [0.717, 1.165) is 0 Å². The first kappa shape index (κ1) is 11.3. The van der Waals surface area contributed by atoms with Gasteiger partial charge in [-0.3, -0.25) is 9.59 Å². The first-order valence-electron chi connectivity index (χ1n) is 5.39. The Morgan fingerprint density at radius 1 is 1.35 bits per heavy atom. The maximum absolute atomic E-state index is 11.8. The number of hydrogen-bond acceptors (Lipinski definition) is 3. The van der Waals surface area contributed by atoms with E-state index in [1.54, 1.807) is 24.3 Å². The summed E-state index contributed by atoms with van der Waals surface area (Å²) < 4.78 is 1.19. The summed E-state index contributed by atoms with van der Waals surface area (Å²) in [5, 5.41) is 7.79. The minimum Gasteiger partial charge on any atom is -0.351 e. The molecule has 0 saturated heterocycles. The highest BCUT2D eigenvalue weighted by molar-refractivity contribution is 6.04. The van der Waals surface area contributed by atoms with E-state index in [1.807, 2.05) is 6.92 Å². The standard InChI is InChI=1S/C12H13N3O2/c1-3-13-11(16)10-8-6-4-5-7-9(8)12(17)15(2)14-10/h4-7H,3H2,1-2H3,(H,13,16). The zero-order chi connectivity index (χ0) is 12.4. The number of carbonyl (C=O) groups is 1. The number of amides is 1. The fourth-order valence-corrected chi connectivity index (χ4v) is 1.71. The zero-order valence-corrected chi connectivity index (χ0v) is 9.73. The Morgan fingerprint density at radius 3 is 2.65 bits per heavy atom. The van der Waals surface area contributed by atoms with E-state index in [2.05, 4.69) is 10.4 Å². The lowest BCUT2D eigenvalue weighted by Crippen LogP contribution is -2.29. The van der Waals surface area contributed by atoms with Crippen molar-refractivity contribution in [3.8, 4) is 0 Å². The molecule has 0 radical (unpaired) electrons. The van der Waals surface area contributed by atoms with Crippen molar-refractivity contribution in [3.63, 3.8) is 0 Å². The van der Waals surface area contributed by atoms with E-state index < -0.39 is 0 Å². The molecule has 0 saturated carbocycles. The van der Waals surface area contributed by atoms with Crippen LogP contribution in [-0.2, 0) is 7.05 Å². The summed E-state index contributed by atoms with van der Waals surface area (Å²) in [7, 11) is 1.54. The van der Waals surface area contributed by atoms with Gasteiger partial charge in [-0.15, -0.1) is 0 Å². The van der Waals surface area contributed by atoms with Crippen molar-refractivity contribution in [2.24, 2.45) is 7.05 Å². The number of nitrogens with zero attached hydrogens (tertiary/aromatic N) is 2. The SMILES string of the molecule is CCNC(=O)c1nn(C)c(=O)c2ccccc12. The minimum atomic E-state index is -0.265. The summed E-state index contributed by atoms with van der Waals surface area (Å²) in [6.07, 6.45) is 0. The van der Waals surface area contributed by atoms with Gasteiger partial charge in [0.1, 0.15) is 0 Å². The van der Waals surface area contributed by atoms with Gasteiger partial charge in [-0.05, 0) is 13.0 Å². The lowest BCUT2D eigenvalue weighted by Gasteiger charge is -2.07. The number of fused-ring (bicyclic) bond motifs is 1. The average Bonchev–Trinajstić information content (AvgIpc) is 2.34. The van der Waals surface area contributed by atoms with Crippen LogP contribution in [0.15, 0.2) is 29.1 Å². The molecule has 2 aromatic rings. The average molecular weight is 231 g/mol. The van der Waals surface area contributed by atoms with Crippen molar-refractivity contribution in [3.05, 3.63) is 40.3 Å². The second-order valence-electron chi connectivity index (χ2n) is 3.68. The van der Waals surface area contributed by atoms with E-state index in [0.29, 0.717) is 17.3 Å². The van der Waals surface area contributed by atoms with Crippen LogP contribution in [0.1, 0.15) is 17.4 Å². The van der Waals surface area contributed by atoms with Crippen LogP contribution in [-0.4, -0.2) is 22.2 Å². The van der Waals surface area contributed by atoms with Crippen LogP contribution in [0.25, 0.3) is 10.8 Å². The summed E-state index contributed by atoms with van der Waals surface area (Å²) in [5.74, 6) is -0.265. The van der Waals surface area contributed by atoms with Crippen LogP contribution in [0.2, 0.25) is 0 Å². The second-order valence-corrected chi connectivity index (χ2v) is 3.68. The largest absolute Gasteiger partial charge is 0.351 e. The molecule has 0 unspecified atom stereocenters. The normalized spacial score (nSPS) is 10.5. The maximum atomic E-state index is 11.8. The molecular weight excluding hydrogens is 218 g/mol. The van der Waals surface area contributed by atoms with Crippen LogP contribution in [0.4, 0.5) is 0 Å². The molecule has 1 N–H and O–H groups in total. The predicted molar refractivity (Wildman–Crippen MR) is 65.0 cm³/mol. The smallest absolute Gasteiger partial charge is 0.274 e. The number of nitrogens with one attached hydrogen (secondary N) is 1. The number of hydrogen-bond donors (Lipinski definition) is 1. The van der Waals surface area contributed by atoms with Crippen molar-refractivity contribution >= 4 is 16.7 Å². The van der Waals surface area contributed by atoms with Gasteiger partial charge < -0.3 is 5.32 Å². The van der Waals surface area contributed by atoms with Crippen LogP contribution in [0, 0.1) is 0 Å². The summed E-state index contributed by atoms with van der Waals surface area (Å²) >= 11 is 0. The van der Waals surface area contributed by atoms with Gasteiger partial charge in [-0.25, -0.2) is 4.68 Å². The molecule has 0 bridgehead atoms. The Balaban J connectivity index is 2.76. The molecule has 0 spiro atoms. The van der Waals surface area contributed by atoms with Crippen molar-refractivity contribution in [1.82, 2.24) is 15.1 Å². The molecule has 1 heterocycles. The van der Waals surface area contributed by atoms with Gasteiger partial charge >= 0.3 is 0 Å². The fraction of sp³-hybridized carbons (Fsp3) is 0.250. The Bertz CT molecular complexity index is 631. The third-order valence-electron chi connectivity index (χ3n) is 2.51. The quantitative estimate of drug-likeness (QED) is 0.826. The minimum absolute atomic E-state index is 0.200. The van der Waals surface area contributed by atoms with Gasteiger partial charge in [-0.2, -0.15) is 5.10 Å². The predicted octanol–water partition coefficient (Wildman–Crippen LogP) is 0.683. The van der Waals surface area contributed by atoms with Crippen molar-refractivity contribution in [1.29, 1.82) is 0 Å². The highest BCUT2D eigenvalue weighted by atomic mass is 16.2. The highest BCUT2D eigenvalue weighted by Crippen LogP contribution is 2.12. The van der Waals surface area contributed by atoms with Gasteiger partial charge in [0.2, 0.25) is 0 Å². The van der Waals surface area contributed by atoms with Crippen LogP contribution in [0.5, 0.6) is 0 Å². The molecule has 88 valence electrons. The van der Waals surface area contributed by atoms with E-state index in [9.17, 15) is 9.59 Å². The van der Waals surface area contributed by atoms with Crippen LogP contribution < -0.4 is 10.9 Å².